The number of fused-ring (bicyclic) bond motifs is 1. The Morgan fingerprint density at radius 2 is 2.09 bits per heavy atom. The van der Waals surface area contributed by atoms with Gasteiger partial charge in [0.05, 0.1) is 16.8 Å². The number of carbonyl (C=O) groups excluding carboxylic acids is 1. The van der Waals surface area contributed by atoms with Crippen LogP contribution in [0.2, 0.25) is 0 Å². The van der Waals surface area contributed by atoms with Gasteiger partial charge in [-0.25, -0.2) is 14.6 Å². The lowest BCUT2D eigenvalue weighted by Crippen LogP contribution is -2.11. The van der Waals surface area contributed by atoms with Crippen LogP contribution >= 0.6 is 0 Å². The van der Waals surface area contributed by atoms with Gasteiger partial charge in [0.15, 0.2) is 5.65 Å². The smallest absolute Gasteiger partial charge is 0.224 e. The van der Waals surface area contributed by atoms with Crippen molar-refractivity contribution in [3.05, 3.63) is 24.5 Å². The Morgan fingerprint density at radius 1 is 1.30 bits per heavy atom. The summed E-state index contributed by atoms with van der Waals surface area (Å²) in [5, 5.41) is 7.89. The summed E-state index contributed by atoms with van der Waals surface area (Å²) in [6.45, 7) is 1.78. The van der Waals surface area contributed by atoms with Gasteiger partial charge in [-0.2, -0.15) is 5.10 Å². The predicted octanol–water partition coefficient (Wildman–Crippen LogP) is 1.54. The molecule has 0 bridgehead atoms. The van der Waals surface area contributed by atoms with E-state index in [9.17, 15) is 4.79 Å². The first-order valence-electron chi connectivity index (χ1n) is 7.14. The number of hydrogen-bond acceptors (Lipinski definition) is 6. The highest BCUT2D eigenvalue weighted by Gasteiger charge is 2.16. The number of nitrogens with two attached hydrogens (primary N) is 2. The number of anilines is 3. The lowest BCUT2D eigenvalue weighted by atomic mass is 10.1. The van der Waals surface area contributed by atoms with Crippen LogP contribution in [0.5, 0.6) is 0 Å². The number of nitrogens with zero attached hydrogens (tertiary/aromatic N) is 4. The Bertz CT molecular complexity index is 900. The predicted molar refractivity (Wildman–Crippen MR) is 89.5 cm³/mol. The average molecular weight is 311 g/mol. The summed E-state index contributed by atoms with van der Waals surface area (Å²) in [6, 6.07) is 5.33. The molecule has 8 heteroatoms. The van der Waals surface area contributed by atoms with Gasteiger partial charge < -0.3 is 16.8 Å². The summed E-state index contributed by atoms with van der Waals surface area (Å²) in [6.07, 6.45) is 1.79. The fourth-order valence-electron chi connectivity index (χ4n) is 2.37. The number of hydrogen-bond donors (Lipinski definition) is 3. The molecule has 2 heterocycles. The molecule has 5 N–H and O–H groups in total. The Hall–Kier alpha value is -3.16. The minimum Gasteiger partial charge on any atom is -0.397 e. The molecule has 1 amide bonds. The number of nitrogens with one attached hydrogen (secondary N) is 1. The molecule has 8 nitrogen and oxygen atoms in total. The van der Waals surface area contributed by atoms with Crippen molar-refractivity contribution in [3.63, 3.8) is 0 Å². The van der Waals surface area contributed by atoms with Gasteiger partial charge in [-0.3, -0.25) is 4.79 Å². The highest BCUT2D eigenvalue weighted by molar-refractivity contribution is 6.00. The Labute approximate surface area is 132 Å². The minimum atomic E-state index is -0.0922. The number of nitrogen functional groups attached to an aromatic ring is 2. The van der Waals surface area contributed by atoms with Gasteiger partial charge in [0.25, 0.3) is 0 Å². The van der Waals surface area contributed by atoms with Crippen LogP contribution in [0, 0.1) is 0 Å². The number of rotatable bonds is 3. The third kappa shape index (κ3) is 2.54. The van der Waals surface area contributed by atoms with Crippen molar-refractivity contribution in [3.8, 4) is 11.3 Å². The standard InChI is InChI=1S/C15H17N7O/c1-3-11(23)20-10-5-4-8(6-9(10)16)13-12-14(17)18-7-19-15(12)22(2)21-13/h4-7H,3,16H2,1-2H3,(H,20,23)(H2,17,18,19). The zero-order valence-corrected chi connectivity index (χ0v) is 12.9. The molecule has 23 heavy (non-hydrogen) atoms. The van der Waals surface area contributed by atoms with Crippen LogP contribution in [0.3, 0.4) is 0 Å². The second kappa shape index (κ2) is 5.56. The van der Waals surface area contributed by atoms with Crippen molar-refractivity contribution >= 4 is 34.1 Å². The first-order valence-corrected chi connectivity index (χ1v) is 7.14. The zero-order chi connectivity index (χ0) is 16.6. The lowest BCUT2D eigenvalue weighted by molar-refractivity contribution is -0.115. The van der Waals surface area contributed by atoms with E-state index in [-0.39, 0.29) is 5.91 Å². The van der Waals surface area contributed by atoms with Gasteiger partial charge in [0, 0.05) is 19.0 Å². The van der Waals surface area contributed by atoms with Crippen molar-refractivity contribution in [1.82, 2.24) is 19.7 Å². The highest BCUT2D eigenvalue weighted by atomic mass is 16.1. The average Bonchev–Trinajstić information content (AvgIpc) is 2.88. The normalized spacial score (nSPS) is 10.9. The quantitative estimate of drug-likeness (QED) is 0.630. The molecule has 0 fully saturated rings. The number of aryl methyl sites for hydroxylation is 1. The van der Waals surface area contributed by atoms with Crippen LogP contribution in [0.15, 0.2) is 24.5 Å². The summed E-state index contributed by atoms with van der Waals surface area (Å²) in [4.78, 5) is 19.7. The van der Waals surface area contributed by atoms with E-state index in [1.165, 1.54) is 6.33 Å². The maximum atomic E-state index is 11.5. The molecule has 0 aliphatic heterocycles. The molecule has 3 rings (SSSR count). The molecule has 0 saturated heterocycles. The van der Waals surface area contributed by atoms with Gasteiger partial charge in [-0.1, -0.05) is 13.0 Å². The number of aromatic nitrogens is 4. The lowest BCUT2D eigenvalue weighted by Gasteiger charge is -2.08. The zero-order valence-electron chi connectivity index (χ0n) is 12.9. The van der Waals surface area contributed by atoms with Crippen LogP contribution in [0.25, 0.3) is 22.3 Å². The maximum absolute atomic E-state index is 11.5. The fraction of sp³-hybridized carbons (Fsp3) is 0.200. The first-order chi connectivity index (χ1) is 11.0. The summed E-state index contributed by atoms with van der Waals surface area (Å²) in [7, 11) is 1.79. The summed E-state index contributed by atoms with van der Waals surface area (Å²) >= 11 is 0. The summed E-state index contributed by atoms with van der Waals surface area (Å²) < 4.78 is 1.64. The molecule has 3 aromatic rings. The van der Waals surface area contributed by atoms with E-state index >= 15 is 0 Å². The number of amides is 1. The topological polar surface area (TPSA) is 125 Å². The molecule has 1 aromatic carbocycles. The largest absolute Gasteiger partial charge is 0.397 e. The van der Waals surface area contributed by atoms with Crippen molar-refractivity contribution in [1.29, 1.82) is 0 Å². The number of benzene rings is 1. The van der Waals surface area contributed by atoms with Gasteiger partial charge in [0.2, 0.25) is 5.91 Å². The van der Waals surface area contributed by atoms with E-state index in [1.54, 1.807) is 30.8 Å². The van der Waals surface area contributed by atoms with Crippen molar-refractivity contribution in [2.75, 3.05) is 16.8 Å². The minimum absolute atomic E-state index is 0.0922. The van der Waals surface area contributed by atoms with Gasteiger partial charge >= 0.3 is 0 Å². The van der Waals surface area contributed by atoms with Crippen LogP contribution in [0.4, 0.5) is 17.2 Å². The van der Waals surface area contributed by atoms with Crippen molar-refractivity contribution in [2.24, 2.45) is 7.05 Å². The second-order valence-electron chi connectivity index (χ2n) is 5.13. The number of carbonyl (C=O) groups is 1. The van der Waals surface area contributed by atoms with Crippen molar-refractivity contribution < 1.29 is 4.79 Å². The maximum Gasteiger partial charge on any atom is 0.224 e. The molecule has 0 saturated carbocycles. The molecule has 0 aliphatic carbocycles. The first kappa shape index (κ1) is 14.8. The van der Waals surface area contributed by atoms with Gasteiger partial charge in [-0.05, 0) is 12.1 Å². The molecule has 2 aromatic heterocycles. The van der Waals surface area contributed by atoms with E-state index in [2.05, 4.69) is 20.4 Å². The van der Waals surface area contributed by atoms with E-state index in [0.29, 0.717) is 40.3 Å². The Balaban J connectivity index is 2.10. The van der Waals surface area contributed by atoms with Crippen LogP contribution < -0.4 is 16.8 Å². The van der Waals surface area contributed by atoms with E-state index < -0.39 is 0 Å². The molecular weight excluding hydrogens is 294 g/mol. The summed E-state index contributed by atoms with van der Waals surface area (Å²) in [5.41, 5.74) is 15.1. The van der Waals surface area contributed by atoms with E-state index in [0.717, 1.165) is 5.56 Å². The Kier molecular flexibility index (Phi) is 3.57. The van der Waals surface area contributed by atoms with Gasteiger partial charge in [0.1, 0.15) is 17.8 Å². The van der Waals surface area contributed by atoms with Crippen LogP contribution in [-0.4, -0.2) is 25.7 Å². The Morgan fingerprint density at radius 3 is 2.78 bits per heavy atom. The van der Waals surface area contributed by atoms with Gasteiger partial charge in [-0.15, -0.1) is 0 Å². The van der Waals surface area contributed by atoms with E-state index in [4.69, 9.17) is 11.5 Å². The second-order valence-corrected chi connectivity index (χ2v) is 5.13. The van der Waals surface area contributed by atoms with Crippen molar-refractivity contribution in [2.45, 2.75) is 13.3 Å². The molecule has 0 aliphatic rings. The fourth-order valence-corrected chi connectivity index (χ4v) is 2.37. The molecule has 0 atom stereocenters. The molecule has 0 unspecified atom stereocenters. The van der Waals surface area contributed by atoms with Crippen LogP contribution in [-0.2, 0) is 11.8 Å². The molecule has 0 radical (unpaired) electrons. The summed E-state index contributed by atoms with van der Waals surface area (Å²) in [5.74, 6) is 0.269. The monoisotopic (exact) mass is 311 g/mol. The molecule has 0 spiro atoms. The highest BCUT2D eigenvalue weighted by Crippen LogP contribution is 2.32. The third-order valence-electron chi connectivity index (χ3n) is 3.57. The molecular formula is C15H17N7O. The molecule has 118 valence electrons. The van der Waals surface area contributed by atoms with E-state index in [1.807, 2.05) is 6.07 Å². The van der Waals surface area contributed by atoms with Crippen LogP contribution in [0.1, 0.15) is 13.3 Å². The SMILES string of the molecule is CCC(=O)Nc1ccc(-c2nn(C)c3ncnc(N)c23)cc1N. The third-order valence-corrected chi connectivity index (χ3v) is 3.57.